The number of carbonyl (C=O) groups excluding carboxylic acids is 2. The number of H-pyrrole nitrogens is 1. The lowest BCUT2D eigenvalue weighted by Crippen LogP contribution is -2.14. The highest BCUT2D eigenvalue weighted by Gasteiger charge is 2.11. The number of pyridine rings is 1. The van der Waals surface area contributed by atoms with Gasteiger partial charge in [0.1, 0.15) is 5.65 Å². The van der Waals surface area contributed by atoms with Crippen LogP contribution in [-0.2, 0) is 0 Å². The van der Waals surface area contributed by atoms with Gasteiger partial charge in [0.05, 0.1) is 5.56 Å². The molecule has 4 N–H and O–H groups in total. The van der Waals surface area contributed by atoms with E-state index in [2.05, 4.69) is 15.3 Å². The third kappa shape index (κ3) is 3.41. The Morgan fingerprint density at radius 3 is 2.52 bits per heavy atom. The Labute approximate surface area is 155 Å². The van der Waals surface area contributed by atoms with Gasteiger partial charge < -0.3 is 16.0 Å². The molecule has 0 saturated carbocycles. The van der Waals surface area contributed by atoms with Crippen LogP contribution in [0.25, 0.3) is 22.3 Å². The Bertz CT molecular complexity index is 1150. The van der Waals surface area contributed by atoms with E-state index in [1.807, 2.05) is 36.4 Å². The van der Waals surface area contributed by atoms with Crippen molar-refractivity contribution in [3.8, 4) is 11.3 Å². The third-order valence-electron chi connectivity index (χ3n) is 4.22. The predicted octanol–water partition coefficient (Wildman–Crippen LogP) is 3.58. The van der Waals surface area contributed by atoms with Gasteiger partial charge in [0.2, 0.25) is 5.91 Å². The maximum absolute atomic E-state index is 12.5. The number of rotatable bonds is 4. The van der Waals surface area contributed by atoms with Gasteiger partial charge in [-0.25, -0.2) is 4.98 Å². The van der Waals surface area contributed by atoms with E-state index in [9.17, 15) is 9.59 Å². The first-order valence-corrected chi connectivity index (χ1v) is 8.35. The number of benzene rings is 2. The molecule has 0 bridgehead atoms. The number of fused-ring (bicyclic) bond motifs is 1. The standard InChI is InChI=1S/C21H16N4O2/c22-19(26)14-7-4-8-17(10-14)24-21(27)16-9-15-11-18(25-20(15)23-12-16)13-5-2-1-3-6-13/h1-12H,(H2,22,26)(H,23,25)(H,24,27). The number of amides is 2. The number of aromatic nitrogens is 2. The number of hydrogen-bond acceptors (Lipinski definition) is 3. The summed E-state index contributed by atoms with van der Waals surface area (Å²) in [6.07, 6.45) is 1.51. The van der Waals surface area contributed by atoms with Gasteiger partial charge in [-0.05, 0) is 35.9 Å². The molecule has 0 saturated heterocycles. The molecule has 2 aromatic heterocycles. The van der Waals surface area contributed by atoms with Crippen LogP contribution in [0.5, 0.6) is 0 Å². The van der Waals surface area contributed by atoms with Crippen LogP contribution in [-0.4, -0.2) is 21.8 Å². The first kappa shape index (κ1) is 16.5. The summed E-state index contributed by atoms with van der Waals surface area (Å²) in [6, 6.07) is 20.1. The van der Waals surface area contributed by atoms with Gasteiger partial charge in [0.25, 0.3) is 5.91 Å². The summed E-state index contributed by atoms with van der Waals surface area (Å²) in [6.45, 7) is 0. The topological polar surface area (TPSA) is 101 Å². The fourth-order valence-electron chi connectivity index (χ4n) is 2.87. The van der Waals surface area contributed by atoms with Crippen LogP contribution in [0.1, 0.15) is 20.7 Å². The smallest absolute Gasteiger partial charge is 0.257 e. The van der Waals surface area contributed by atoms with Crippen molar-refractivity contribution in [3.05, 3.63) is 84.1 Å². The van der Waals surface area contributed by atoms with Crippen LogP contribution in [0, 0.1) is 0 Å². The van der Waals surface area contributed by atoms with Crippen LogP contribution in [0.3, 0.4) is 0 Å². The molecule has 0 aliphatic carbocycles. The van der Waals surface area contributed by atoms with Crippen molar-refractivity contribution in [1.82, 2.24) is 9.97 Å². The molecule has 0 aliphatic rings. The number of primary amides is 1. The number of carbonyl (C=O) groups is 2. The molecule has 0 fully saturated rings. The number of nitrogens with zero attached hydrogens (tertiary/aromatic N) is 1. The Morgan fingerprint density at radius 1 is 0.926 bits per heavy atom. The van der Waals surface area contributed by atoms with Gasteiger partial charge in [-0.15, -0.1) is 0 Å². The van der Waals surface area contributed by atoms with Gasteiger partial charge in [0.15, 0.2) is 0 Å². The molecule has 2 heterocycles. The average Bonchev–Trinajstić information content (AvgIpc) is 3.12. The molecular formula is C21H16N4O2. The number of anilines is 1. The zero-order valence-electron chi connectivity index (χ0n) is 14.3. The Hall–Kier alpha value is -3.93. The molecule has 2 aromatic carbocycles. The molecule has 0 unspecified atom stereocenters. The molecule has 132 valence electrons. The van der Waals surface area contributed by atoms with Crippen LogP contribution in [0.4, 0.5) is 5.69 Å². The molecule has 6 heteroatoms. The maximum atomic E-state index is 12.5. The normalized spacial score (nSPS) is 10.7. The number of nitrogens with two attached hydrogens (primary N) is 1. The lowest BCUT2D eigenvalue weighted by molar-refractivity contribution is 0.0996. The van der Waals surface area contributed by atoms with Gasteiger partial charge in [-0.3, -0.25) is 9.59 Å². The van der Waals surface area contributed by atoms with Crippen molar-refractivity contribution in [2.75, 3.05) is 5.32 Å². The van der Waals surface area contributed by atoms with Crippen molar-refractivity contribution < 1.29 is 9.59 Å². The molecule has 4 rings (SSSR count). The SMILES string of the molecule is NC(=O)c1cccc(NC(=O)c2cnc3[nH]c(-c4ccccc4)cc3c2)c1. The van der Waals surface area contributed by atoms with E-state index in [1.54, 1.807) is 24.3 Å². The Balaban J connectivity index is 1.61. The van der Waals surface area contributed by atoms with Crippen molar-refractivity contribution in [2.24, 2.45) is 5.73 Å². The third-order valence-corrected chi connectivity index (χ3v) is 4.22. The number of nitrogens with one attached hydrogen (secondary N) is 2. The summed E-state index contributed by atoms with van der Waals surface area (Å²) < 4.78 is 0. The molecule has 0 radical (unpaired) electrons. The summed E-state index contributed by atoms with van der Waals surface area (Å²) in [7, 11) is 0. The molecule has 4 aromatic rings. The summed E-state index contributed by atoms with van der Waals surface area (Å²) >= 11 is 0. The number of hydrogen-bond donors (Lipinski definition) is 3. The van der Waals surface area contributed by atoms with Gasteiger partial charge in [-0.1, -0.05) is 36.4 Å². The average molecular weight is 356 g/mol. The molecule has 0 spiro atoms. The predicted molar refractivity (Wildman–Crippen MR) is 104 cm³/mol. The molecule has 2 amide bonds. The second-order valence-corrected chi connectivity index (χ2v) is 6.11. The van der Waals surface area contributed by atoms with E-state index in [-0.39, 0.29) is 5.91 Å². The molecule has 6 nitrogen and oxygen atoms in total. The van der Waals surface area contributed by atoms with Gasteiger partial charge in [0, 0.05) is 28.5 Å². The van der Waals surface area contributed by atoms with Crippen molar-refractivity contribution in [1.29, 1.82) is 0 Å². The number of aromatic amines is 1. The van der Waals surface area contributed by atoms with E-state index in [1.165, 1.54) is 12.3 Å². The lowest BCUT2D eigenvalue weighted by Gasteiger charge is -2.06. The van der Waals surface area contributed by atoms with E-state index >= 15 is 0 Å². The first-order chi connectivity index (χ1) is 13.1. The van der Waals surface area contributed by atoms with Gasteiger partial charge in [-0.2, -0.15) is 0 Å². The molecule has 27 heavy (non-hydrogen) atoms. The fraction of sp³-hybridized carbons (Fsp3) is 0. The minimum absolute atomic E-state index is 0.312. The van der Waals surface area contributed by atoms with Crippen molar-refractivity contribution in [3.63, 3.8) is 0 Å². The minimum Gasteiger partial charge on any atom is -0.366 e. The molecule has 0 aliphatic heterocycles. The zero-order chi connectivity index (χ0) is 18.8. The van der Waals surface area contributed by atoms with Crippen molar-refractivity contribution >= 4 is 28.5 Å². The van der Waals surface area contributed by atoms with E-state index in [4.69, 9.17) is 5.73 Å². The van der Waals surface area contributed by atoms with Crippen LogP contribution in [0.2, 0.25) is 0 Å². The van der Waals surface area contributed by atoms with E-state index < -0.39 is 5.91 Å². The minimum atomic E-state index is -0.546. The first-order valence-electron chi connectivity index (χ1n) is 8.35. The van der Waals surface area contributed by atoms with Crippen LogP contribution in [0.15, 0.2) is 72.9 Å². The highest BCUT2D eigenvalue weighted by atomic mass is 16.2. The zero-order valence-corrected chi connectivity index (χ0v) is 14.3. The van der Waals surface area contributed by atoms with E-state index in [0.717, 1.165) is 16.6 Å². The molecule has 0 atom stereocenters. The second kappa shape index (κ2) is 6.76. The quantitative estimate of drug-likeness (QED) is 0.521. The summed E-state index contributed by atoms with van der Waals surface area (Å²) in [5.41, 5.74) is 9.21. The summed E-state index contributed by atoms with van der Waals surface area (Å²) in [5.74, 6) is -0.858. The highest BCUT2D eigenvalue weighted by molar-refractivity contribution is 6.06. The van der Waals surface area contributed by atoms with Crippen LogP contribution >= 0.6 is 0 Å². The maximum Gasteiger partial charge on any atom is 0.257 e. The highest BCUT2D eigenvalue weighted by Crippen LogP contribution is 2.23. The Morgan fingerprint density at radius 2 is 1.74 bits per heavy atom. The summed E-state index contributed by atoms with van der Waals surface area (Å²) in [5, 5.41) is 3.60. The summed E-state index contributed by atoms with van der Waals surface area (Å²) in [4.78, 5) is 31.4. The monoisotopic (exact) mass is 356 g/mol. The largest absolute Gasteiger partial charge is 0.366 e. The second-order valence-electron chi connectivity index (χ2n) is 6.11. The molecular weight excluding hydrogens is 340 g/mol. The van der Waals surface area contributed by atoms with Gasteiger partial charge >= 0.3 is 0 Å². The Kier molecular flexibility index (Phi) is 4.14. The van der Waals surface area contributed by atoms with E-state index in [0.29, 0.717) is 22.5 Å². The van der Waals surface area contributed by atoms with Crippen LogP contribution < -0.4 is 11.1 Å². The fourth-order valence-corrected chi connectivity index (χ4v) is 2.87. The van der Waals surface area contributed by atoms with Crippen molar-refractivity contribution in [2.45, 2.75) is 0 Å². The lowest BCUT2D eigenvalue weighted by atomic mass is 10.1.